The maximum atomic E-state index is 13.1. The van der Waals surface area contributed by atoms with Crippen molar-refractivity contribution in [2.24, 2.45) is 11.8 Å². The number of hydrogen-bond donors (Lipinski definition) is 0. The van der Waals surface area contributed by atoms with Gasteiger partial charge in [-0.2, -0.15) is 0 Å². The van der Waals surface area contributed by atoms with Crippen LogP contribution in [0.3, 0.4) is 0 Å². The Balaban J connectivity index is 1.33. The molecule has 7 nitrogen and oxygen atoms in total. The van der Waals surface area contributed by atoms with Crippen molar-refractivity contribution in [2.75, 3.05) is 40.0 Å². The van der Waals surface area contributed by atoms with Crippen LogP contribution in [-0.2, 0) is 11.2 Å². The Bertz CT molecular complexity index is 817. The van der Waals surface area contributed by atoms with E-state index in [2.05, 4.69) is 24.0 Å². The fourth-order valence-electron chi connectivity index (χ4n) is 5.00. The molecule has 164 valence electrons. The third-order valence-electron chi connectivity index (χ3n) is 6.63. The number of likely N-dealkylation sites (tertiary alicyclic amines) is 1. The van der Waals surface area contributed by atoms with Gasteiger partial charge in [0.05, 0.1) is 0 Å². The third kappa shape index (κ3) is 3.75. The molecule has 3 amide bonds. The Kier molecular flexibility index (Phi) is 5.66. The molecule has 0 aromatic heterocycles. The quantitative estimate of drug-likeness (QED) is 0.669. The van der Waals surface area contributed by atoms with E-state index >= 15 is 0 Å². The maximum absolute atomic E-state index is 13.1. The first-order valence-electron chi connectivity index (χ1n) is 11.0. The van der Waals surface area contributed by atoms with E-state index in [0.29, 0.717) is 32.1 Å². The van der Waals surface area contributed by atoms with Gasteiger partial charge in [0.25, 0.3) is 5.91 Å². The van der Waals surface area contributed by atoms with E-state index in [-0.39, 0.29) is 17.9 Å². The SMILES string of the molecule is CC(C)CN1C(=O)N(C)C2(CCN(C[C@H](C)Cc3ccc4c(c3)OCO4)CC2)C1=O. The van der Waals surface area contributed by atoms with Gasteiger partial charge in [-0.05, 0) is 48.8 Å². The van der Waals surface area contributed by atoms with Gasteiger partial charge in [-0.1, -0.05) is 26.8 Å². The molecule has 1 atom stereocenters. The molecule has 2 saturated heterocycles. The van der Waals surface area contributed by atoms with Gasteiger partial charge < -0.3 is 19.3 Å². The normalized spacial score (nSPS) is 21.9. The first-order chi connectivity index (χ1) is 14.3. The summed E-state index contributed by atoms with van der Waals surface area (Å²) in [6.07, 6.45) is 2.39. The van der Waals surface area contributed by atoms with Gasteiger partial charge >= 0.3 is 6.03 Å². The minimum atomic E-state index is -0.650. The fourth-order valence-corrected chi connectivity index (χ4v) is 5.00. The van der Waals surface area contributed by atoms with E-state index < -0.39 is 5.54 Å². The van der Waals surface area contributed by atoms with Crippen LogP contribution in [0.5, 0.6) is 11.5 Å². The molecule has 3 heterocycles. The first kappa shape index (κ1) is 21.0. The molecule has 4 rings (SSSR count). The van der Waals surface area contributed by atoms with Gasteiger partial charge in [-0.25, -0.2) is 4.79 Å². The van der Waals surface area contributed by atoms with Gasteiger partial charge in [0, 0.05) is 33.2 Å². The van der Waals surface area contributed by atoms with Crippen LogP contribution >= 0.6 is 0 Å². The largest absolute Gasteiger partial charge is 0.454 e. The zero-order chi connectivity index (χ0) is 21.5. The summed E-state index contributed by atoms with van der Waals surface area (Å²) in [5.74, 6) is 2.41. The molecule has 7 heteroatoms. The lowest BCUT2D eigenvalue weighted by Crippen LogP contribution is -2.55. The zero-order valence-electron chi connectivity index (χ0n) is 18.5. The molecule has 0 bridgehead atoms. The average molecular weight is 416 g/mol. The van der Waals surface area contributed by atoms with Crippen molar-refractivity contribution < 1.29 is 19.1 Å². The molecule has 0 unspecified atom stereocenters. The van der Waals surface area contributed by atoms with Crippen molar-refractivity contribution in [2.45, 2.75) is 45.6 Å². The first-order valence-corrected chi connectivity index (χ1v) is 11.0. The lowest BCUT2D eigenvalue weighted by Gasteiger charge is -2.41. The van der Waals surface area contributed by atoms with Crippen molar-refractivity contribution in [1.29, 1.82) is 0 Å². The van der Waals surface area contributed by atoms with Crippen molar-refractivity contribution in [1.82, 2.24) is 14.7 Å². The molecule has 2 fully saturated rings. The summed E-state index contributed by atoms with van der Waals surface area (Å²) >= 11 is 0. The summed E-state index contributed by atoms with van der Waals surface area (Å²) < 4.78 is 10.9. The molecule has 1 aromatic rings. The summed E-state index contributed by atoms with van der Waals surface area (Å²) in [7, 11) is 1.79. The number of urea groups is 1. The van der Waals surface area contributed by atoms with Gasteiger partial charge in [0.2, 0.25) is 6.79 Å². The lowest BCUT2D eigenvalue weighted by molar-refractivity contribution is -0.135. The van der Waals surface area contributed by atoms with Gasteiger partial charge in [0.15, 0.2) is 11.5 Å². The molecule has 3 aliphatic heterocycles. The molecular formula is C23H33N3O4. The number of imide groups is 1. The summed E-state index contributed by atoms with van der Waals surface area (Å²) in [4.78, 5) is 31.4. The van der Waals surface area contributed by atoms with Crippen molar-refractivity contribution >= 4 is 11.9 Å². The van der Waals surface area contributed by atoms with E-state index in [9.17, 15) is 9.59 Å². The Hall–Kier alpha value is -2.28. The highest BCUT2D eigenvalue weighted by molar-refractivity contribution is 6.07. The number of benzene rings is 1. The van der Waals surface area contributed by atoms with E-state index in [1.54, 1.807) is 11.9 Å². The predicted molar refractivity (Wildman–Crippen MR) is 114 cm³/mol. The van der Waals surface area contributed by atoms with Crippen LogP contribution in [0.2, 0.25) is 0 Å². The number of nitrogens with zero attached hydrogens (tertiary/aromatic N) is 3. The van der Waals surface area contributed by atoms with Gasteiger partial charge in [-0.3, -0.25) is 9.69 Å². The Morgan fingerprint density at radius 1 is 1.03 bits per heavy atom. The zero-order valence-corrected chi connectivity index (χ0v) is 18.5. The summed E-state index contributed by atoms with van der Waals surface area (Å²) in [6, 6.07) is 6.02. The molecule has 30 heavy (non-hydrogen) atoms. The second kappa shape index (κ2) is 8.10. The molecular weight excluding hydrogens is 382 g/mol. The van der Waals surface area contributed by atoms with Crippen LogP contribution in [0.15, 0.2) is 18.2 Å². The number of ether oxygens (including phenoxy) is 2. The second-order valence-electron chi connectivity index (χ2n) is 9.48. The third-order valence-corrected chi connectivity index (χ3v) is 6.63. The molecule has 0 aliphatic carbocycles. The highest BCUT2D eigenvalue weighted by Gasteiger charge is 2.56. The van der Waals surface area contributed by atoms with Crippen molar-refractivity contribution in [3.63, 3.8) is 0 Å². The number of piperidine rings is 1. The molecule has 0 radical (unpaired) electrons. The summed E-state index contributed by atoms with van der Waals surface area (Å²) in [5.41, 5.74) is 0.601. The van der Waals surface area contributed by atoms with Gasteiger partial charge in [0.1, 0.15) is 5.54 Å². The molecule has 1 aromatic carbocycles. The van der Waals surface area contributed by atoms with Crippen LogP contribution in [0, 0.1) is 11.8 Å². The van der Waals surface area contributed by atoms with E-state index in [0.717, 1.165) is 37.6 Å². The predicted octanol–water partition coefficient (Wildman–Crippen LogP) is 2.98. The number of fused-ring (bicyclic) bond motifs is 1. The highest BCUT2D eigenvalue weighted by Crippen LogP contribution is 2.37. The topological polar surface area (TPSA) is 62.3 Å². The van der Waals surface area contributed by atoms with Crippen molar-refractivity contribution in [3.05, 3.63) is 23.8 Å². The van der Waals surface area contributed by atoms with E-state index in [1.165, 1.54) is 10.5 Å². The Morgan fingerprint density at radius 2 is 1.73 bits per heavy atom. The van der Waals surface area contributed by atoms with Crippen molar-refractivity contribution in [3.8, 4) is 11.5 Å². The standard InChI is InChI=1S/C23H33N3O4/c1-16(2)13-26-21(27)23(24(4)22(26)28)7-9-25(10-8-23)14-17(3)11-18-5-6-19-20(12-18)30-15-29-19/h5-6,12,16-17H,7-11,13-15H2,1-4H3/t17-/m1/s1. The lowest BCUT2D eigenvalue weighted by atomic mass is 9.85. The summed E-state index contributed by atoms with van der Waals surface area (Å²) in [6.45, 7) is 9.79. The number of rotatable bonds is 6. The van der Waals surface area contributed by atoms with Crippen LogP contribution in [0.1, 0.15) is 39.2 Å². The van der Waals surface area contributed by atoms with Crippen LogP contribution < -0.4 is 9.47 Å². The van der Waals surface area contributed by atoms with Crippen LogP contribution in [0.4, 0.5) is 4.79 Å². The van der Waals surface area contributed by atoms with E-state index in [4.69, 9.17) is 9.47 Å². The number of amides is 3. The molecule has 1 spiro atoms. The summed E-state index contributed by atoms with van der Waals surface area (Å²) in [5, 5.41) is 0. The number of carbonyl (C=O) groups is 2. The molecule has 0 N–H and O–H groups in total. The number of likely N-dealkylation sites (N-methyl/N-ethyl adjacent to an activating group) is 1. The Labute approximate surface area is 178 Å². The molecule has 0 saturated carbocycles. The maximum Gasteiger partial charge on any atom is 0.327 e. The number of hydrogen-bond acceptors (Lipinski definition) is 5. The monoisotopic (exact) mass is 415 g/mol. The van der Waals surface area contributed by atoms with Gasteiger partial charge in [-0.15, -0.1) is 0 Å². The fraction of sp³-hybridized carbons (Fsp3) is 0.652. The van der Waals surface area contributed by atoms with Crippen LogP contribution in [-0.4, -0.2) is 72.2 Å². The second-order valence-corrected chi connectivity index (χ2v) is 9.48. The van der Waals surface area contributed by atoms with E-state index in [1.807, 2.05) is 19.9 Å². The smallest absolute Gasteiger partial charge is 0.327 e. The minimum absolute atomic E-state index is 0.00300. The highest BCUT2D eigenvalue weighted by atomic mass is 16.7. The Morgan fingerprint density at radius 3 is 2.43 bits per heavy atom. The minimum Gasteiger partial charge on any atom is -0.454 e. The molecule has 3 aliphatic rings. The number of carbonyl (C=O) groups excluding carboxylic acids is 2. The average Bonchev–Trinajstić information content (AvgIpc) is 3.24. The van der Waals surface area contributed by atoms with Crippen LogP contribution in [0.25, 0.3) is 0 Å².